The number of hydrogen-bond donors (Lipinski definition) is 2. The minimum atomic E-state index is -0.410. The molecule has 0 aliphatic heterocycles. The Balaban J connectivity index is 1.42. The van der Waals surface area contributed by atoms with Gasteiger partial charge >= 0.3 is 0 Å². The summed E-state index contributed by atoms with van der Waals surface area (Å²) in [5, 5.41) is 14.3. The van der Waals surface area contributed by atoms with E-state index in [0.29, 0.717) is 17.3 Å². The number of nitrogens with zero attached hydrogens (tertiary/aromatic N) is 4. The molecule has 0 radical (unpaired) electrons. The fourth-order valence-electron chi connectivity index (χ4n) is 2.58. The standard InChI is InChI=1S/C19H14ClFN6O/c20-14-5-3-13(4-6-14)16-9-17(25-24-16)18(28)23-19-22-11-27(26-19)10-12-1-7-15(21)8-2-12/h1-9,11H,10H2,(H,24,25)(H,23,26,28). The van der Waals surface area contributed by atoms with Crippen LogP contribution in [0.2, 0.25) is 5.02 Å². The first-order valence-electron chi connectivity index (χ1n) is 8.33. The van der Waals surface area contributed by atoms with E-state index in [1.165, 1.54) is 18.5 Å². The zero-order valence-corrected chi connectivity index (χ0v) is 15.2. The lowest BCUT2D eigenvalue weighted by Crippen LogP contribution is -2.14. The third-order valence-corrected chi connectivity index (χ3v) is 4.23. The zero-order chi connectivity index (χ0) is 19.5. The molecule has 0 aliphatic carbocycles. The molecule has 2 aromatic carbocycles. The second-order valence-corrected chi connectivity index (χ2v) is 6.46. The molecule has 0 spiro atoms. The van der Waals surface area contributed by atoms with Gasteiger partial charge in [-0.05, 0) is 35.9 Å². The van der Waals surface area contributed by atoms with E-state index >= 15 is 0 Å². The smallest absolute Gasteiger partial charge is 0.276 e. The van der Waals surface area contributed by atoms with Crippen molar-refractivity contribution < 1.29 is 9.18 Å². The maximum atomic E-state index is 13.0. The van der Waals surface area contributed by atoms with Gasteiger partial charge in [0.05, 0.1) is 12.2 Å². The predicted octanol–water partition coefficient (Wildman–Crippen LogP) is 3.76. The molecule has 1 amide bonds. The summed E-state index contributed by atoms with van der Waals surface area (Å²) < 4.78 is 14.5. The van der Waals surface area contributed by atoms with Gasteiger partial charge in [0.25, 0.3) is 5.91 Å². The Morgan fingerprint density at radius 2 is 1.89 bits per heavy atom. The highest BCUT2D eigenvalue weighted by Gasteiger charge is 2.13. The summed E-state index contributed by atoms with van der Waals surface area (Å²) >= 11 is 5.88. The molecule has 4 rings (SSSR count). The molecule has 0 saturated carbocycles. The molecule has 0 atom stereocenters. The van der Waals surface area contributed by atoms with Crippen molar-refractivity contribution in [2.75, 3.05) is 5.32 Å². The van der Waals surface area contributed by atoms with Crippen LogP contribution in [0.1, 0.15) is 16.1 Å². The number of halogens is 2. The van der Waals surface area contributed by atoms with E-state index in [2.05, 4.69) is 25.6 Å². The van der Waals surface area contributed by atoms with Gasteiger partial charge in [0.1, 0.15) is 17.8 Å². The van der Waals surface area contributed by atoms with E-state index in [1.54, 1.807) is 35.0 Å². The van der Waals surface area contributed by atoms with Gasteiger partial charge in [-0.3, -0.25) is 15.2 Å². The summed E-state index contributed by atoms with van der Waals surface area (Å²) in [5.41, 5.74) is 2.60. The number of aromatic amines is 1. The summed E-state index contributed by atoms with van der Waals surface area (Å²) in [6.07, 6.45) is 1.49. The fourth-order valence-corrected chi connectivity index (χ4v) is 2.71. The van der Waals surface area contributed by atoms with Gasteiger partial charge in [0.15, 0.2) is 0 Å². The Hall–Kier alpha value is -3.52. The molecule has 0 saturated heterocycles. The van der Waals surface area contributed by atoms with Crippen molar-refractivity contribution in [1.82, 2.24) is 25.0 Å². The van der Waals surface area contributed by atoms with Gasteiger partial charge < -0.3 is 0 Å². The van der Waals surface area contributed by atoms with Gasteiger partial charge in [0.2, 0.25) is 5.95 Å². The average molecular weight is 397 g/mol. The van der Waals surface area contributed by atoms with Crippen LogP contribution >= 0.6 is 11.6 Å². The second-order valence-electron chi connectivity index (χ2n) is 6.02. The van der Waals surface area contributed by atoms with Crippen LogP contribution in [0.5, 0.6) is 0 Å². The topological polar surface area (TPSA) is 88.5 Å². The second kappa shape index (κ2) is 7.61. The minimum absolute atomic E-state index is 0.162. The molecular weight excluding hydrogens is 383 g/mol. The lowest BCUT2D eigenvalue weighted by Gasteiger charge is -2.01. The highest BCUT2D eigenvalue weighted by molar-refractivity contribution is 6.30. The minimum Gasteiger partial charge on any atom is -0.288 e. The number of H-pyrrole nitrogens is 1. The number of carbonyl (C=O) groups excluding carboxylic acids is 1. The number of hydrogen-bond acceptors (Lipinski definition) is 4. The molecule has 2 aromatic heterocycles. The summed E-state index contributed by atoms with van der Waals surface area (Å²) in [7, 11) is 0. The molecule has 7 nitrogen and oxygen atoms in total. The summed E-state index contributed by atoms with van der Waals surface area (Å²) in [6.45, 7) is 0.411. The largest absolute Gasteiger partial charge is 0.288 e. The van der Waals surface area contributed by atoms with Crippen molar-refractivity contribution in [3.05, 3.63) is 83.0 Å². The third-order valence-electron chi connectivity index (χ3n) is 3.98. The van der Waals surface area contributed by atoms with Crippen LogP contribution in [-0.4, -0.2) is 30.9 Å². The molecule has 0 unspecified atom stereocenters. The Labute approximate surface area is 164 Å². The number of benzene rings is 2. The van der Waals surface area contributed by atoms with Crippen molar-refractivity contribution in [2.24, 2.45) is 0 Å². The number of aromatic nitrogens is 5. The molecule has 28 heavy (non-hydrogen) atoms. The van der Waals surface area contributed by atoms with Gasteiger partial charge in [-0.25, -0.2) is 14.1 Å². The van der Waals surface area contributed by atoms with Gasteiger partial charge in [-0.2, -0.15) is 5.10 Å². The lowest BCUT2D eigenvalue weighted by atomic mass is 10.1. The number of nitrogens with one attached hydrogen (secondary N) is 2. The van der Waals surface area contributed by atoms with Crippen LogP contribution in [0.25, 0.3) is 11.3 Å². The van der Waals surface area contributed by atoms with Crippen molar-refractivity contribution in [3.8, 4) is 11.3 Å². The Bertz CT molecular complexity index is 1100. The van der Waals surface area contributed by atoms with Crippen LogP contribution in [0.3, 0.4) is 0 Å². The molecule has 0 aliphatic rings. The van der Waals surface area contributed by atoms with E-state index in [0.717, 1.165) is 11.1 Å². The van der Waals surface area contributed by atoms with Gasteiger partial charge in [0, 0.05) is 10.6 Å². The quantitative estimate of drug-likeness (QED) is 0.537. The normalized spacial score (nSPS) is 10.8. The molecule has 4 aromatic rings. The lowest BCUT2D eigenvalue weighted by molar-refractivity contribution is 0.102. The molecular formula is C19H14ClFN6O. The maximum absolute atomic E-state index is 13.0. The summed E-state index contributed by atoms with van der Waals surface area (Å²) in [4.78, 5) is 16.5. The fraction of sp³-hybridized carbons (Fsp3) is 0.0526. The molecule has 140 valence electrons. The first-order valence-corrected chi connectivity index (χ1v) is 8.71. The van der Waals surface area contributed by atoms with E-state index in [-0.39, 0.29) is 17.5 Å². The predicted molar refractivity (Wildman–Crippen MR) is 103 cm³/mol. The van der Waals surface area contributed by atoms with Crippen molar-refractivity contribution in [3.63, 3.8) is 0 Å². The first-order chi connectivity index (χ1) is 13.6. The molecule has 2 N–H and O–H groups in total. The zero-order valence-electron chi connectivity index (χ0n) is 14.4. The molecule has 2 heterocycles. The van der Waals surface area contributed by atoms with Gasteiger partial charge in [-0.1, -0.05) is 35.9 Å². The molecule has 0 bridgehead atoms. The number of amides is 1. The van der Waals surface area contributed by atoms with Crippen LogP contribution < -0.4 is 5.32 Å². The Morgan fingerprint density at radius 1 is 1.14 bits per heavy atom. The van der Waals surface area contributed by atoms with Crippen LogP contribution in [0, 0.1) is 5.82 Å². The monoisotopic (exact) mass is 396 g/mol. The van der Waals surface area contributed by atoms with Gasteiger partial charge in [-0.15, -0.1) is 5.10 Å². The third kappa shape index (κ3) is 4.07. The van der Waals surface area contributed by atoms with E-state index in [9.17, 15) is 9.18 Å². The SMILES string of the molecule is O=C(Nc1ncn(Cc2ccc(F)cc2)n1)c1cc(-c2ccc(Cl)cc2)n[nH]1. The van der Waals surface area contributed by atoms with Crippen LogP contribution in [0.4, 0.5) is 10.3 Å². The summed E-state index contributed by atoms with van der Waals surface area (Å²) in [6, 6.07) is 14.9. The highest BCUT2D eigenvalue weighted by atomic mass is 35.5. The van der Waals surface area contributed by atoms with E-state index < -0.39 is 5.91 Å². The number of rotatable bonds is 5. The van der Waals surface area contributed by atoms with Crippen molar-refractivity contribution >= 4 is 23.5 Å². The van der Waals surface area contributed by atoms with Crippen molar-refractivity contribution in [1.29, 1.82) is 0 Å². The number of anilines is 1. The van der Waals surface area contributed by atoms with Crippen LogP contribution in [0.15, 0.2) is 60.9 Å². The molecule has 0 fully saturated rings. The molecule has 9 heteroatoms. The highest BCUT2D eigenvalue weighted by Crippen LogP contribution is 2.20. The number of carbonyl (C=O) groups is 1. The van der Waals surface area contributed by atoms with E-state index in [4.69, 9.17) is 11.6 Å². The Morgan fingerprint density at radius 3 is 2.64 bits per heavy atom. The first kappa shape index (κ1) is 17.9. The van der Waals surface area contributed by atoms with Crippen molar-refractivity contribution in [2.45, 2.75) is 6.54 Å². The van der Waals surface area contributed by atoms with E-state index in [1.807, 2.05) is 12.1 Å². The van der Waals surface area contributed by atoms with Crippen LogP contribution in [-0.2, 0) is 6.54 Å². The maximum Gasteiger partial charge on any atom is 0.276 e. The average Bonchev–Trinajstić information content (AvgIpc) is 3.34. The Kier molecular flexibility index (Phi) is 4.86. The summed E-state index contributed by atoms with van der Waals surface area (Å²) in [5.74, 6) is -0.546.